The van der Waals surface area contributed by atoms with Crippen LogP contribution in [0, 0.1) is 24.6 Å². The van der Waals surface area contributed by atoms with Crippen molar-refractivity contribution in [3.05, 3.63) is 59.3 Å². The molecule has 2 saturated heterocycles. The number of benzene rings is 1. The predicted molar refractivity (Wildman–Crippen MR) is 175 cm³/mol. The summed E-state index contributed by atoms with van der Waals surface area (Å²) in [6.07, 6.45) is 10.0. The molecule has 4 heterocycles. The van der Waals surface area contributed by atoms with Crippen molar-refractivity contribution in [3.8, 4) is 5.69 Å². The Balaban J connectivity index is 1.27. The molecule has 5 rings (SSSR count). The molecule has 10 heteroatoms. The first-order valence-electron chi connectivity index (χ1n) is 16.3. The number of nitrogens with zero attached hydrogens (tertiary/aromatic N) is 6. The minimum atomic E-state index is -0.428. The Morgan fingerprint density at radius 2 is 1.82 bits per heavy atom. The number of hydrogen-bond donors (Lipinski definition) is 0. The average Bonchev–Trinajstić information content (AvgIpc) is 3.63. The van der Waals surface area contributed by atoms with Crippen molar-refractivity contribution in [2.45, 2.75) is 52.5 Å². The van der Waals surface area contributed by atoms with Gasteiger partial charge in [-0.3, -0.25) is 9.78 Å². The summed E-state index contributed by atoms with van der Waals surface area (Å²) >= 11 is 0. The van der Waals surface area contributed by atoms with Gasteiger partial charge >= 0.3 is 6.03 Å². The number of carbonyl (C=O) groups is 2. The second-order valence-corrected chi connectivity index (χ2v) is 13.3. The van der Waals surface area contributed by atoms with Crippen LogP contribution >= 0.6 is 0 Å². The van der Waals surface area contributed by atoms with E-state index in [0.717, 1.165) is 74.9 Å². The number of rotatable bonds is 10. The van der Waals surface area contributed by atoms with Gasteiger partial charge in [-0.2, -0.15) is 0 Å². The minimum absolute atomic E-state index is 0.0114. The summed E-state index contributed by atoms with van der Waals surface area (Å²) < 4.78 is 21.6. The number of amides is 3. The first-order valence-corrected chi connectivity index (χ1v) is 16.3. The standard InChI is InChI=1S/C35H49FN6O3/c1-24(2)39(5)34(43)30-18-29(36)7-8-31(30)42-23-28(33-25(3)19-37-20-32(33)42)17-27-9-12-40(22-27)21-26-10-13-41(14-11-26)35(44)38(4)15-16-45-6/h7-8,18-20,23-24,26-27H,9-17,21-22H2,1-6H3. The molecule has 0 radical (unpaired) electrons. The minimum Gasteiger partial charge on any atom is -0.383 e. The highest BCUT2D eigenvalue weighted by molar-refractivity contribution is 5.99. The number of ether oxygens (including phenoxy) is 1. The number of carbonyl (C=O) groups excluding carboxylic acids is 2. The molecule has 0 aliphatic carbocycles. The number of likely N-dealkylation sites (tertiary alicyclic amines) is 2. The molecule has 1 atom stereocenters. The molecule has 0 spiro atoms. The van der Waals surface area contributed by atoms with Gasteiger partial charge in [0.2, 0.25) is 0 Å². The molecule has 2 fully saturated rings. The lowest BCUT2D eigenvalue weighted by atomic mass is 9.96. The molecule has 2 aliphatic rings. The van der Waals surface area contributed by atoms with Crippen molar-refractivity contribution in [1.29, 1.82) is 0 Å². The SMILES string of the molecule is COCCN(C)C(=O)N1CCC(CN2CCC(Cc3cn(-c4ccc(F)cc4C(=O)N(C)C(C)C)c4cncc(C)c34)C2)CC1. The van der Waals surface area contributed by atoms with E-state index in [2.05, 4.69) is 23.0 Å². The predicted octanol–water partition coefficient (Wildman–Crippen LogP) is 5.23. The summed E-state index contributed by atoms with van der Waals surface area (Å²) in [5, 5.41) is 1.16. The van der Waals surface area contributed by atoms with Gasteiger partial charge in [0.05, 0.1) is 29.6 Å². The van der Waals surface area contributed by atoms with Crippen molar-refractivity contribution in [2.24, 2.45) is 11.8 Å². The van der Waals surface area contributed by atoms with Crippen molar-refractivity contribution >= 4 is 22.8 Å². The van der Waals surface area contributed by atoms with E-state index < -0.39 is 5.82 Å². The van der Waals surface area contributed by atoms with Gasteiger partial charge in [0.15, 0.2) is 0 Å². The summed E-state index contributed by atoms with van der Waals surface area (Å²) in [6.45, 7) is 12.0. The van der Waals surface area contributed by atoms with Crippen LogP contribution in [0.1, 0.15) is 54.6 Å². The Labute approximate surface area is 266 Å². The van der Waals surface area contributed by atoms with Crippen LogP contribution < -0.4 is 0 Å². The van der Waals surface area contributed by atoms with E-state index in [4.69, 9.17) is 4.74 Å². The number of likely N-dealkylation sites (N-methyl/N-ethyl adjacent to an activating group) is 1. The third-order valence-corrected chi connectivity index (χ3v) is 9.76. The van der Waals surface area contributed by atoms with Gasteiger partial charge < -0.3 is 28.9 Å². The van der Waals surface area contributed by atoms with Crippen LogP contribution in [0.15, 0.2) is 36.8 Å². The fourth-order valence-corrected chi connectivity index (χ4v) is 6.90. The molecule has 0 saturated carbocycles. The summed E-state index contributed by atoms with van der Waals surface area (Å²) in [7, 11) is 5.26. The molecule has 244 valence electrons. The first-order chi connectivity index (χ1) is 21.6. The maximum atomic E-state index is 14.5. The summed E-state index contributed by atoms with van der Waals surface area (Å²) in [4.78, 5) is 38.6. The molecule has 3 aromatic rings. The molecule has 2 aromatic heterocycles. The van der Waals surface area contributed by atoms with E-state index in [0.29, 0.717) is 36.2 Å². The van der Waals surface area contributed by atoms with E-state index in [1.54, 1.807) is 30.0 Å². The number of aryl methyl sites for hydroxylation is 1. The molecule has 1 unspecified atom stereocenters. The Morgan fingerprint density at radius 3 is 2.53 bits per heavy atom. The van der Waals surface area contributed by atoms with E-state index in [9.17, 15) is 14.0 Å². The quantitative estimate of drug-likeness (QED) is 0.311. The van der Waals surface area contributed by atoms with Crippen LogP contribution in [0.25, 0.3) is 16.6 Å². The number of urea groups is 1. The lowest BCUT2D eigenvalue weighted by Gasteiger charge is -2.36. The van der Waals surface area contributed by atoms with Gasteiger partial charge in [0, 0.05) is 77.8 Å². The number of halogens is 1. The Hall–Kier alpha value is -3.50. The van der Waals surface area contributed by atoms with Crippen LogP contribution in [0.5, 0.6) is 0 Å². The highest BCUT2D eigenvalue weighted by atomic mass is 19.1. The number of hydrogen-bond acceptors (Lipinski definition) is 5. The lowest BCUT2D eigenvalue weighted by molar-refractivity contribution is 0.0754. The maximum Gasteiger partial charge on any atom is 0.319 e. The van der Waals surface area contributed by atoms with Gasteiger partial charge in [0.1, 0.15) is 5.82 Å². The Kier molecular flexibility index (Phi) is 10.4. The third-order valence-electron chi connectivity index (χ3n) is 9.76. The molecule has 0 bridgehead atoms. The van der Waals surface area contributed by atoms with Crippen LogP contribution in [-0.4, -0.2) is 114 Å². The number of aromatic nitrogens is 2. The fourth-order valence-electron chi connectivity index (χ4n) is 6.90. The molecule has 9 nitrogen and oxygen atoms in total. The second kappa shape index (κ2) is 14.3. The van der Waals surface area contributed by atoms with E-state index in [1.807, 2.05) is 42.8 Å². The molecule has 45 heavy (non-hydrogen) atoms. The average molecular weight is 621 g/mol. The smallest absolute Gasteiger partial charge is 0.319 e. The van der Waals surface area contributed by atoms with Gasteiger partial charge in [-0.15, -0.1) is 0 Å². The normalized spacial score (nSPS) is 17.9. The lowest BCUT2D eigenvalue weighted by Crippen LogP contribution is -2.47. The number of methoxy groups -OCH3 is 1. The number of pyridine rings is 1. The summed E-state index contributed by atoms with van der Waals surface area (Å²) in [6, 6.07) is 4.56. The van der Waals surface area contributed by atoms with Gasteiger partial charge in [0.25, 0.3) is 5.91 Å². The Bertz CT molecular complexity index is 1500. The zero-order chi connectivity index (χ0) is 32.2. The molecule has 0 N–H and O–H groups in total. The van der Waals surface area contributed by atoms with E-state index in [1.165, 1.54) is 17.7 Å². The Morgan fingerprint density at radius 1 is 1.09 bits per heavy atom. The topological polar surface area (TPSA) is 74.2 Å². The van der Waals surface area contributed by atoms with Gasteiger partial charge in [-0.1, -0.05) is 0 Å². The largest absolute Gasteiger partial charge is 0.383 e. The van der Waals surface area contributed by atoms with Crippen molar-refractivity contribution < 1.29 is 18.7 Å². The summed E-state index contributed by atoms with van der Waals surface area (Å²) in [5.74, 6) is 0.492. The van der Waals surface area contributed by atoms with Crippen molar-refractivity contribution in [2.75, 3.05) is 67.1 Å². The van der Waals surface area contributed by atoms with Gasteiger partial charge in [-0.25, -0.2) is 9.18 Å². The molecular weight excluding hydrogens is 571 g/mol. The zero-order valence-corrected chi connectivity index (χ0v) is 27.8. The number of fused-ring (bicyclic) bond motifs is 1. The monoisotopic (exact) mass is 620 g/mol. The van der Waals surface area contributed by atoms with Crippen molar-refractivity contribution in [1.82, 2.24) is 29.2 Å². The highest BCUT2D eigenvalue weighted by Crippen LogP contribution is 2.33. The molecule has 2 aliphatic heterocycles. The fraction of sp³-hybridized carbons (Fsp3) is 0.571. The van der Waals surface area contributed by atoms with Gasteiger partial charge in [-0.05, 0) is 94.2 Å². The second-order valence-electron chi connectivity index (χ2n) is 13.3. The van der Waals surface area contributed by atoms with Crippen molar-refractivity contribution in [3.63, 3.8) is 0 Å². The summed E-state index contributed by atoms with van der Waals surface area (Å²) in [5.41, 5.74) is 4.28. The van der Waals surface area contributed by atoms with Crippen LogP contribution in [-0.2, 0) is 11.2 Å². The molecule has 3 amide bonds. The third kappa shape index (κ3) is 7.33. The molecule has 1 aromatic carbocycles. The van der Waals surface area contributed by atoms with E-state index in [-0.39, 0.29) is 18.0 Å². The van der Waals surface area contributed by atoms with Crippen LogP contribution in [0.2, 0.25) is 0 Å². The number of piperidine rings is 1. The van der Waals surface area contributed by atoms with Crippen LogP contribution in [0.4, 0.5) is 9.18 Å². The maximum absolute atomic E-state index is 14.5. The first kappa shape index (κ1) is 32.9. The molecular formula is C35H49FN6O3. The highest BCUT2D eigenvalue weighted by Gasteiger charge is 2.30. The van der Waals surface area contributed by atoms with E-state index >= 15 is 0 Å². The zero-order valence-electron chi connectivity index (χ0n) is 27.8. The van der Waals surface area contributed by atoms with Crippen LogP contribution in [0.3, 0.4) is 0 Å².